The van der Waals surface area contributed by atoms with Gasteiger partial charge in [-0.15, -0.1) is 0 Å². The highest BCUT2D eigenvalue weighted by Crippen LogP contribution is 2.21. The molecule has 1 aliphatic rings. The summed E-state index contributed by atoms with van der Waals surface area (Å²) in [6.07, 6.45) is 6.50. The summed E-state index contributed by atoms with van der Waals surface area (Å²) in [6, 6.07) is 0. The van der Waals surface area contributed by atoms with E-state index in [9.17, 15) is 0 Å². The molecule has 1 N–H and O–H groups in total. The SMILES string of the molecule is CCCC(C)CN1CCCNC(CC)(CC)C1. The van der Waals surface area contributed by atoms with Crippen molar-refractivity contribution in [2.24, 2.45) is 5.92 Å². The summed E-state index contributed by atoms with van der Waals surface area (Å²) < 4.78 is 0. The van der Waals surface area contributed by atoms with E-state index in [2.05, 4.69) is 37.9 Å². The molecule has 0 aromatic heterocycles. The maximum absolute atomic E-state index is 3.79. The van der Waals surface area contributed by atoms with E-state index in [0.717, 1.165) is 5.92 Å². The molecule has 1 fully saturated rings. The van der Waals surface area contributed by atoms with Crippen LogP contribution in [0.1, 0.15) is 59.8 Å². The predicted molar refractivity (Wildman–Crippen MR) is 76.4 cm³/mol. The van der Waals surface area contributed by atoms with Crippen molar-refractivity contribution in [1.82, 2.24) is 10.2 Å². The maximum atomic E-state index is 3.79. The van der Waals surface area contributed by atoms with Crippen LogP contribution in [-0.2, 0) is 0 Å². The fourth-order valence-corrected chi connectivity index (χ4v) is 3.12. The zero-order valence-electron chi connectivity index (χ0n) is 12.4. The van der Waals surface area contributed by atoms with Gasteiger partial charge in [0.15, 0.2) is 0 Å². The van der Waals surface area contributed by atoms with Crippen LogP contribution in [0.25, 0.3) is 0 Å². The average molecular weight is 240 g/mol. The molecule has 0 bridgehead atoms. The van der Waals surface area contributed by atoms with Gasteiger partial charge in [0.1, 0.15) is 0 Å². The number of nitrogens with one attached hydrogen (secondary N) is 1. The molecule has 1 saturated heterocycles. The van der Waals surface area contributed by atoms with Crippen molar-refractivity contribution in [1.29, 1.82) is 0 Å². The highest BCUT2D eigenvalue weighted by atomic mass is 15.2. The summed E-state index contributed by atoms with van der Waals surface area (Å²) >= 11 is 0. The van der Waals surface area contributed by atoms with Crippen molar-refractivity contribution in [3.8, 4) is 0 Å². The first-order valence-corrected chi connectivity index (χ1v) is 7.63. The Morgan fingerprint density at radius 1 is 1.24 bits per heavy atom. The van der Waals surface area contributed by atoms with Crippen molar-refractivity contribution < 1.29 is 0 Å². The Morgan fingerprint density at radius 3 is 2.53 bits per heavy atom. The lowest BCUT2D eigenvalue weighted by Gasteiger charge is -2.36. The first-order chi connectivity index (χ1) is 8.15. The molecule has 0 aliphatic carbocycles. The van der Waals surface area contributed by atoms with Gasteiger partial charge < -0.3 is 10.2 Å². The van der Waals surface area contributed by atoms with Gasteiger partial charge in [-0.3, -0.25) is 0 Å². The third-order valence-corrected chi connectivity index (χ3v) is 4.38. The lowest BCUT2D eigenvalue weighted by atomic mass is 9.92. The molecule has 1 unspecified atom stereocenters. The average Bonchev–Trinajstić information content (AvgIpc) is 2.52. The van der Waals surface area contributed by atoms with Gasteiger partial charge in [0, 0.05) is 18.6 Å². The maximum Gasteiger partial charge on any atom is 0.0303 e. The van der Waals surface area contributed by atoms with Gasteiger partial charge >= 0.3 is 0 Å². The van der Waals surface area contributed by atoms with Gasteiger partial charge in [-0.25, -0.2) is 0 Å². The second-order valence-corrected chi connectivity index (χ2v) is 5.90. The summed E-state index contributed by atoms with van der Waals surface area (Å²) in [5, 5.41) is 3.79. The summed E-state index contributed by atoms with van der Waals surface area (Å²) in [7, 11) is 0. The minimum absolute atomic E-state index is 0.377. The Balaban J connectivity index is 2.53. The van der Waals surface area contributed by atoms with Crippen molar-refractivity contribution in [3.05, 3.63) is 0 Å². The highest BCUT2D eigenvalue weighted by molar-refractivity contribution is 4.91. The molecule has 0 aromatic carbocycles. The summed E-state index contributed by atoms with van der Waals surface area (Å²) in [6.45, 7) is 14.4. The topological polar surface area (TPSA) is 15.3 Å². The van der Waals surface area contributed by atoms with Crippen LogP contribution < -0.4 is 5.32 Å². The number of rotatable bonds is 6. The van der Waals surface area contributed by atoms with Crippen LogP contribution >= 0.6 is 0 Å². The fourth-order valence-electron chi connectivity index (χ4n) is 3.12. The van der Waals surface area contributed by atoms with Crippen LogP contribution in [0.2, 0.25) is 0 Å². The van der Waals surface area contributed by atoms with Crippen LogP contribution in [-0.4, -0.2) is 36.6 Å². The summed E-state index contributed by atoms with van der Waals surface area (Å²) in [5.41, 5.74) is 0.377. The van der Waals surface area contributed by atoms with Crippen molar-refractivity contribution in [2.75, 3.05) is 26.2 Å². The van der Waals surface area contributed by atoms with Crippen molar-refractivity contribution in [2.45, 2.75) is 65.3 Å². The van der Waals surface area contributed by atoms with Crippen LogP contribution in [0.3, 0.4) is 0 Å². The molecule has 0 amide bonds. The van der Waals surface area contributed by atoms with Crippen LogP contribution in [0.5, 0.6) is 0 Å². The lowest BCUT2D eigenvalue weighted by molar-refractivity contribution is 0.175. The Labute approximate surface area is 108 Å². The molecule has 1 atom stereocenters. The van der Waals surface area contributed by atoms with E-state index in [-0.39, 0.29) is 0 Å². The molecule has 0 saturated carbocycles. The number of hydrogen-bond donors (Lipinski definition) is 1. The Kier molecular flexibility index (Phi) is 6.50. The van der Waals surface area contributed by atoms with Crippen molar-refractivity contribution in [3.63, 3.8) is 0 Å². The third kappa shape index (κ3) is 4.59. The molecular formula is C15H32N2. The molecule has 0 radical (unpaired) electrons. The number of nitrogens with zero attached hydrogens (tertiary/aromatic N) is 1. The van der Waals surface area contributed by atoms with E-state index < -0.39 is 0 Å². The molecule has 1 heterocycles. The quantitative estimate of drug-likeness (QED) is 0.766. The standard InChI is InChI=1S/C15H32N2/c1-5-9-14(4)12-17-11-8-10-16-15(6-2,7-3)13-17/h14,16H,5-13H2,1-4H3. The zero-order chi connectivity index (χ0) is 12.7. The van der Waals surface area contributed by atoms with Crippen molar-refractivity contribution >= 4 is 0 Å². The second-order valence-electron chi connectivity index (χ2n) is 5.90. The largest absolute Gasteiger partial charge is 0.310 e. The fraction of sp³-hybridized carbons (Fsp3) is 1.00. The molecule has 1 rings (SSSR count). The van der Waals surface area contributed by atoms with Crippen LogP contribution in [0, 0.1) is 5.92 Å². The molecular weight excluding hydrogens is 208 g/mol. The Hall–Kier alpha value is -0.0800. The van der Waals surface area contributed by atoms with Gasteiger partial charge in [0.25, 0.3) is 0 Å². The zero-order valence-corrected chi connectivity index (χ0v) is 12.4. The molecule has 2 heteroatoms. The van der Waals surface area contributed by atoms with E-state index in [1.807, 2.05) is 0 Å². The van der Waals surface area contributed by atoms with Gasteiger partial charge in [-0.05, 0) is 44.7 Å². The predicted octanol–water partition coefficient (Wildman–Crippen LogP) is 3.28. The molecule has 1 aliphatic heterocycles. The Morgan fingerprint density at radius 2 is 1.94 bits per heavy atom. The van der Waals surface area contributed by atoms with Crippen LogP contribution in [0.4, 0.5) is 0 Å². The Bertz CT molecular complexity index is 199. The van der Waals surface area contributed by atoms with E-state index in [1.54, 1.807) is 0 Å². The van der Waals surface area contributed by atoms with Gasteiger partial charge in [0.2, 0.25) is 0 Å². The van der Waals surface area contributed by atoms with E-state index >= 15 is 0 Å². The minimum Gasteiger partial charge on any atom is -0.310 e. The van der Waals surface area contributed by atoms with E-state index in [4.69, 9.17) is 0 Å². The number of hydrogen-bond acceptors (Lipinski definition) is 2. The monoisotopic (exact) mass is 240 g/mol. The lowest BCUT2D eigenvalue weighted by Crippen LogP contribution is -2.51. The molecule has 2 nitrogen and oxygen atoms in total. The first-order valence-electron chi connectivity index (χ1n) is 7.63. The first kappa shape index (κ1) is 15.0. The summed E-state index contributed by atoms with van der Waals surface area (Å²) in [5.74, 6) is 0.851. The third-order valence-electron chi connectivity index (χ3n) is 4.38. The highest BCUT2D eigenvalue weighted by Gasteiger charge is 2.30. The second kappa shape index (κ2) is 7.38. The molecule has 0 aromatic rings. The smallest absolute Gasteiger partial charge is 0.0303 e. The molecule has 17 heavy (non-hydrogen) atoms. The van der Waals surface area contributed by atoms with Crippen LogP contribution in [0.15, 0.2) is 0 Å². The summed E-state index contributed by atoms with van der Waals surface area (Å²) in [4.78, 5) is 2.70. The van der Waals surface area contributed by atoms with Gasteiger partial charge in [-0.1, -0.05) is 34.1 Å². The van der Waals surface area contributed by atoms with E-state index in [1.165, 1.54) is 58.3 Å². The molecule has 0 spiro atoms. The van der Waals surface area contributed by atoms with Gasteiger partial charge in [-0.2, -0.15) is 0 Å². The van der Waals surface area contributed by atoms with Gasteiger partial charge in [0.05, 0.1) is 0 Å². The van der Waals surface area contributed by atoms with E-state index in [0.29, 0.717) is 5.54 Å². The molecule has 102 valence electrons. The normalized spacial score (nSPS) is 23.3. The minimum atomic E-state index is 0.377.